The number of imidazole rings is 1. The van der Waals surface area contributed by atoms with Crippen molar-refractivity contribution in [2.75, 3.05) is 6.54 Å². The molecule has 1 rings (SSSR count). The number of amides is 3. The van der Waals surface area contributed by atoms with Crippen molar-refractivity contribution in [2.45, 2.75) is 90.4 Å². The molecule has 204 valence electrons. The van der Waals surface area contributed by atoms with Crippen LogP contribution in [0.4, 0.5) is 0 Å². The number of aliphatic carboxylic acids is 1. The predicted molar refractivity (Wildman–Crippen MR) is 136 cm³/mol. The number of nitrogens with zero attached hydrogens (tertiary/aromatic N) is 1. The third-order valence-electron chi connectivity index (χ3n) is 5.58. The van der Waals surface area contributed by atoms with Gasteiger partial charge in [-0.1, -0.05) is 27.7 Å². The number of nitrogens with two attached hydrogens (primary N) is 2. The summed E-state index contributed by atoms with van der Waals surface area (Å²) >= 11 is 0. The average molecular weight is 510 g/mol. The summed E-state index contributed by atoms with van der Waals surface area (Å²) in [5.74, 6) is -2.58. The van der Waals surface area contributed by atoms with Gasteiger partial charge in [-0.3, -0.25) is 14.4 Å². The van der Waals surface area contributed by atoms with E-state index in [2.05, 4.69) is 25.9 Å². The molecular formula is C24H43N7O5. The zero-order valence-corrected chi connectivity index (χ0v) is 21.8. The number of H-pyrrole nitrogens is 1. The molecule has 3 amide bonds. The molecule has 0 aromatic carbocycles. The van der Waals surface area contributed by atoms with E-state index in [0.717, 1.165) is 0 Å². The summed E-state index contributed by atoms with van der Waals surface area (Å²) in [6.45, 7) is 8.03. The Morgan fingerprint density at radius 2 is 1.50 bits per heavy atom. The number of aromatic amines is 1. The SMILES string of the molecule is CC(C)CC(N)C(=O)NC(CCCCN)C(=O)NC(Cc1cnc[nH]1)C(=O)NC(CC(C)C)C(=O)O. The second kappa shape index (κ2) is 15.9. The van der Waals surface area contributed by atoms with Gasteiger partial charge in [0.15, 0.2) is 0 Å². The third-order valence-corrected chi connectivity index (χ3v) is 5.58. The number of carbonyl (C=O) groups excluding carboxylic acids is 3. The van der Waals surface area contributed by atoms with Crippen molar-refractivity contribution in [1.29, 1.82) is 0 Å². The highest BCUT2D eigenvalue weighted by atomic mass is 16.4. The van der Waals surface area contributed by atoms with Crippen LogP contribution in [0.3, 0.4) is 0 Å². The molecule has 0 aliphatic heterocycles. The summed E-state index contributed by atoms with van der Waals surface area (Å²) in [6, 6.07) is -3.89. The molecule has 0 fully saturated rings. The van der Waals surface area contributed by atoms with Crippen LogP contribution in [0.5, 0.6) is 0 Å². The van der Waals surface area contributed by atoms with E-state index in [-0.39, 0.29) is 24.7 Å². The van der Waals surface area contributed by atoms with Gasteiger partial charge in [-0.15, -0.1) is 0 Å². The lowest BCUT2D eigenvalue weighted by Crippen LogP contribution is -2.57. The van der Waals surface area contributed by atoms with E-state index in [1.165, 1.54) is 12.5 Å². The number of hydrogen-bond donors (Lipinski definition) is 7. The first-order valence-corrected chi connectivity index (χ1v) is 12.5. The Kier molecular flexibility index (Phi) is 13.7. The molecule has 0 spiro atoms. The van der Waals surface area contributed by atoms with E-state index >= 15 is 0 Å². The van der Waals surface area contributed by atoms with Crippen LogP contribution in [0, 0.1) is 11.8 Å². The highest BCUT2D eigenvalue weighted by molar-refractivity contribution is 5.94. The van der Waals surface area contributed by atoms with Gasteiger partial charge in [-0.05, 0) is 50.5 Å². The van der Waals surface area contributed by atoms with E-state index in [9.17, 15) is 24.3 Å². The first-order valence-electron chi connectivity index (χ1n) is 12.5. The second-order valence-electron chi connectivity index (χ2n) is 9.95. The monoisotopic (exact) mass is 509 g/mol. The summed E-state index contributed by atoms with van der Waals surface area (Å²) < 4.78 is 0. The van der Waals surface area contributed by atoms with Crippen LogP contribution >= 0.6 is 0 Å². The van der Waals surface area contributed by atoms with Gasteiger partial charge >= 0.3 is 5.97 Å². The van der Waals surface area contributed by atoms with Crippen molar-refractivity contribution in [3.8, 4) is 0 Å². The minimum atomic E-state index is -1.16. The molecule has 1 aromatic heterocycles. The Labute approximate surface area is 212 Å². The number of carboxylic acids is 1. The molecule has 0 radical (unpaired) electrons. The van der Waals surface area contributed by atoms with E-state index in [1.54, 1.807) is 0 Å². The van der Waals surface area contributed by atoms with Crippen molar-refractivity contribution in [1.82, 2.24) is 25.9 Å². The van der Waals surface area contributed by atoms with Gasteiger partial charge in [-0.25, -0.2) is 9.78 Å². The van der Waals surface area contributed by atoms with Crippen molar-refractivity contribution in [2.24, 2.45) is 23.3 Å². The van der Waals surface area contributed by atoms with Gasteiger partial charge in [0.2, 0.25) is 17.7 Å². The van der Waals surface area contributed by atoms with Crippen LogP contribution in [0.1, 0.15) is 65.5 Å². The lowest BCUT2D eigenvalue weighted by molar-refractivity contribution is -0.142. The molecular weight excluding hydrogens is 466 g/mol. The zero-order chi connectivity index (χ0) is 27.3. The molecule has 0 aliphatic rings. The topological polar surface area (TPSA) is 205 Å². The first kappa shape index (κ1) is 31.0. The van der Waals surface area contributed by atoms with Crippen LogP contribution < -0.4 is 27.4 Å². The zero-order valence-electron chi connectivity index (χ0n) is 21.8. The summed E-state index contributed by atoms with van der Waals surface area (Å²) in [5.41, 5.74) is 12.1. The van der Waals surface area contributed by atoms with Gasteiger partial charge < -0.3 is 37.5 Å². The number of aromatic nitrogens is 2. The predicted octanol–water partition coefficient (Wildman–Crippen LogP) is 0.0397. The Morgan fingerprint density at radius 1 is 0.917 bits per heavy atom. The van der Waals surface area contributed by atoms with Gasteiger partial charge in [-0.2, -0.15) is 0 Å². The van der Waals surface area contributed by atoms with Crippen LogP contribution in [0.2, 0.25) is 0 Å². The Balaban J connectivity index is 3.05. The van der Waals surface area contributed by atoms with E-state index in [4.69, 9.17) is 11.5 Å². The summed E-state index contributed by atoms with van der Waals surface area (Å²) in [5, 5.41) is 17.4. The van der Waals surface area contributed by atoms with Crippen molar-refractivity contribution < 1.29 is 24.3 Å². The fourth-order valence-electron chi connectivity index (χ4n) is 3.72. The maximum atomic E-state index is 13.2. The summed E-state index contributed by atoms with van der Waals surface area (Å²) in [6.07, 6.45) is 5.26. The Hall–Kier alpha value is -2.99. The molecule has 4 atom stereocenters. The molecule has 1 heterocycles. The van der Waals surface area contributed by atoms with E-state index < -0.39 is 47.9 Å². The first-order chi connectivity index (χ1) is 16.9. The number of carbonyl (C=O) groups is 4. The molecule has 4 unspecified atom stereocenters. The molecule has 9 N–H and O–H groups in total. The van der Waals surface area contributed by atoms with Gasteiger partial charge in [0.1, 0.15) is 18.1 Å². The standard InChI is InChI=1S/C24H43N7O5/c1-14(2)9-17(26)21(32)29-18(7-5-6-8-25)22(33)30-19(11-16-12-27-13-28-16)23(34)31-20(24(35)36)10-15(3)4/h12-15,17-20H,5-11,25-26H2,1-4H3,(H,27,28)(H,29,32)(H,30,33)(H,31,34)(H,35,36). The molecule has 0 saturated heterocycles. The smallest absolute Gasteiger partial charge is 0.326 e. The maximum absolute atomic E-state index is 13.2. The molecule has 12 heteroatoms. The molecule has 0 bridgehead atoms. The van der Waals surface area contributed by atoms with E-state index in [0.29, 0.717) is 37.9 Å². The molecule has 0 aliphatic carbocycles. The fraction of sp³-hybridized carbons (Fsp3) is 0.708. The van der Waals surface area contributed by atoms with Crippen molar-refractivity contribution >= 4 is 23.7 Å². The fourth-order valence-corrected chi connectivity index (χ4v) is 3.72. The highest BCUT2D eigenvalue weighted by Crippen LogP contribution is 2.09. The minimum absolute atomic E-state index is 0.0317. The number of unbranched alkanes of at least 4 members (excludes halogenated alkanes) is 1. The average Bonchev–Trinajstić information content (AvgIpc) is 3.29. The van der Waals surface area contributed by atoms with Gasteiger partial charge in [0.05, 0.1) is 12.4 Å². The van der Waals surface area contributed by atoms with E-state index in [1.807, 2.05) is 27.7 Å². The summed E-state index contributed by atoms with van der Waals surface area (Å²) in [4.78, 5) is 57.4. The van der Waals surface area contributed by atoms with Crippen LogP contribution in [0.25, 0.3) is 0 Å². The Bertz CT molecular complexity index is 829. The number of carboxylic acid groups (broad SMARTS) is 1. The number of nitrogens with one attached hydrogen (secondary N) is 4. The highest BCUT2D eigenvalue weighted by Gasteiger charge is 2.31. The minimum Gasteiger partial charge on any atom is -0.480 e. The molecule has 1 aromatic rings. The lowest BCUT2D eigenvalue weighted by Gasteiger charge is -2.25. The van der Waals surface area contributed by atoms with Crippen LogP contribution in [-0.2, 0) is 25.6 Å². The maximum Gasteiger partial charge on any atom is 0.326 e. The largest absolute Gasteiger partial charge is 0.480 e. The molecule has 0 saturated carbocycles. The quantitative estimate of drug-likeness (QED) is 0.142. The van der Waals surface area contributed by atoms with Gasteiger partial charge in [0, 0.05) is 18.3 Å². The van der Waals surface area contributed by atoms with Gasteiger partial charge in [0.25, 0.3) is 0 Å². The van der Waals surface area contributed by atoms with Crippen molar-refractivity contribution in [3.63, 3.8) is 0 Å². The normalized spacial score (nSPS) is 14.7. The Morgan fingerprint density at radius 3 is 2.03 bits per heavy atom. The number of rotatable bonds is 17. The van der Waals surface area contributed by atoms with Crippen LogP contribution in [-0.4, -0.2) is 69.5 Å². The summed E-state index contributed by atoms with van der Waals surface area (Å²) in [7, 11) is 0. The lowest BCUT2D eigenvalue weighted by atomic mass is 10.0. The number of hydrogen-bond acceptors (Lipinski definition) is 7. The van der Waals surface area contributed by atoms with Crippen LogP contribution in [0.15, 0.2) is 12.5 Å². The molecule has 12 nitrogen and oxygen atoms in total. The van der Waals surface area contributed by atoms with Crippen molar-refractivity contribution in [3.05, 3.63) is 18.2 Å². The second-order valence-corrected chi connectivity index (χ2v) is 9.95. The molecule has 36 heavy (non-hydrogen) atoms. The third kappa shape index (κ3) is 11.6.